The van der Waals surface area contributed by atoms with Gasteiger partial charge in [0.25, 0.3) is 0 Å². The number of ether oxygens (including phenoxy) is 1. The van der Waals surface area contributed by atoms with Crippen molar-refractivity contribution in [2.75, 3.05) is 13.2 Å². The maximum absolute atomic E-state index is 10.3. The molecule has 0 unspecified atom stereocenters. The van der Waals surface area contributed by atoms with E-state index >= 15 is 0 Å². The fourth-order valence-corrected chi connectivity index (χ4v) is 1.82. The van der Waals surface area contributed by atoms with Crippen LogP contribution in [0.4, 0.5) is 0 Å². The summed E-state index contributed by atoms with van der Waals surface area (Å²) in [5.41, 5.74) is 3.91. The normalized spacial score (nSPS) is 10.5. The Labute approximate surface area is 102 Å². The Morgan fingerprint density at radius 3 is 2.59 bits per heavy atom. The van der Waals surface area contributed by atoms with Crippen molar-refractivity contribution < 1.29 is 14.6 Å². The molecular weight excluding hydrogens is 216 g/mol. The fourth-order valence-electron chi connectivity index (χ4n) is 1.82. The Morgan fingerprint density at radius 1 is 1.24 bits per heavy atom. The van der Waals surface area contributed by atoms with Crippen molar-refractivity contribution in [2.24, 2.45) is 0 Å². The Hall–Kier alpha value is -1.35. The standard InChI is InChI=1S/C14H20O3/c1-3-11-5-6-12(4-2)13(9-11)7-8-17-10-14(15)16/h5-6,9H,3-4,7-8,10H2,1-2H3,(H,15,16). The molecular formula is C14H20O3. The van der Waals surface area contributed by atoms with Crippen LogP contribution < -0.4 is 0 Å². The van der Waals surface area contributed by atoms with Crippen LogP contribution >= 0.6 is 0 Å². The zero-order valence-electron chi connectivity index (χ0n) is 10.5. The molecule has 0 aromatic heterocycles. The van der Waals surface area contributed by atoms with Gasteiger partial charge in [-0.2, -0.15) is 0 Å². The summed E-state index contributed by atoms with van der Waals surface area (Å²) in [6.07, 6.45) is 2.80. The van der Waals surface area contributed by atoms with E-state index in [1.165, 1.54) is 16.7 Å². The van der Waals surface area contributed by atoms with Gasteiger partial charge in [0.05, 0.1) is 6.61 Å². The van der Waals surface area contributed by atoms with Gasteiger partial charge in [-0.25, -0.2) is 4.79 Å². The van der Waals surface area contributed by atoms with E-state index in [9.17, 15) is 4.79 Å². The van der Waals surface area contributed by atoms with Crippen molar-refractivity contribution in [3.05, 3.63) is 34.9 Å². The Bertz CT molecular complexity index is 372. The molecule has 0 fully saturated rings. The highest BCUT2D eigenvalue weighted by Crippen LogP contribution is 2.14. The van der Waals surface area contributed by atoms with Gasteiger partial charge in [-0.1, -0.05) is 32.0 Å². The van der Waals surface area contributed by atoms with Gasteiger partial charge < -0.3 is 9.84 Å². The Kier molecular flexibility index (Phi) is 5.70. The van der Waals surface area contributed by atoms with Gasteiger partial charge in [-0.05, 0) is 36.0 Å². The van der Waals surface area contributed by atoms with Crippen molar-refractivity contribution in [1.82, 2.24) is 0 Å². The highest BCUT2D eigenvalue weighted by atomic mass is 16.5. The van der Waals surface area contributed by atoms with Gasteiger partial charge in [0.15, 0.2) is 0 Å². The minimum absolute atomic E-state index is 0.213. The number of hydrogen-bond donors (Lipinski definition) is 1. The molecule has 1 aromatic carbocycles. The number of carbonyl (C=O) groups is 1. The molecule has 0 aliphatic carbocycles. The SMILES string of the molecule is CCc1ccc(CC)c(CCOCC(=O)O)c1. The van der Waals surface area contributed by atoms with Crippen LogP contribution in [0.5, 0.6) is 0 Å². The average molecular weight is 236 g/mol. The van der Waals surface area contributed by atoms with Crippen LogP contribution in [0, 0.1) is 0 Å². The first-order chi connectivity index (χ1) is 8.17. The summed E-state index contributed by atoms with van der Waals surface area (Å²) >= 11 is 0. The van der Waals surface area contributed by atoms with Crippen molar-refractivity contribution in [1.29, 1.82) is 0 Å². The summed E-state index contributed by atoms with van der Waals surface area (Å²) in [4.78, 5) is 10.3. The van der Waals surface area contributed by atoms with Crippen molar-refractivity contribution in [2.45, 2.75) is 33.1 Å². The third-order valence-electron chi connectivity index (χ3n) is 2.80. The third kappa shape index (κ3) is 4.57. The predicted octanol–water partition coefficient (Wildman–Crippen LogP) is 2.46. The molecule has 0 aliphatic rings. The van der Waals surface area contributed by atoms with Gasteiger partial charge in [0.2, 0.25) is 0 Å². The van der Waals surface area contributed by atoms with E-state index in [0.717, 1.165) is 19.3 Å². The van der Waals surface area contributed by atoms with Gasteiger partial charge in [-0.15, -0.1) is 0 Å². The van der Waals surface area contributed by atoms with E-state index in [2.05, 4.69) is 32.0 Å². The maximum Gasteiger partial charge on any atom is 0.329 e. The molecule has 0 aliphatic heterocycles. The van der Waals surface area contributed by atoms with E-state index in [1.807, 2.05) is 0 Å². The third-order valence-corrected chi connectivity index (χ3v) is 2.80. The molecule has 0 heterocycles. The highest BCUT2D eigenvalue weighted by molar-refractivity contribution is 5.67. The van der Waals surface area contributed by atoms with Gasteiger partial charge in [0.1, 0.15) is 6.61 Å². The molecule has 0 amide bonds. The Balaban J connectivity index is 2.58. The molecule has 0 bridgehead atoms. The molecule has 3 heteroatoms. The maximum atomic E-state index is 10.3. The van der Waals surface area contributed by atoms with Crippen LogP contribution in [0.25, 0.3) is 0 Å². The lowest BCUT2D eigenvalue weighted by molar-refractivity contribution is -0.142. The van der Waals surface area contributed by atoms with Crippen molar-refractivity contribution >= 4 is 5.97 Å². The molecule has 0 spiro atoms. The molecule has 17 heavy (non-hydrogen) atoms. The van der Waals surface area contributed by atoms with Crippen LogP contribution in [0.1, 0.15) is 30.5 Å². The van der Waals surface area contributed by atoms with Crippen LogP contribution in [-0.2, 0) is 28.8 Å². The molecule has 1 rings (SSSR count). The largest absolute Gasteiger partial charge is 0.480 e. The molecule has 1 aromatic rings. The number of rotatable bonds is 7. The van der Waals surface area contributed by atoms with Crippen molar-refractivity contribution in [3.63, 3.8) is 0 Å². The monoisotopic (exact) mass is 236 g/mol. The van der Waals surface area contributed by atoms with Crippen LogP contribution in [-0.4, -0.2) is 24.3 Å². The predicted molar refractivity (Wildman–Crippen MR) is 67.4 cm³/mol. The molecule has 1 N–H and O–H groups in total. The quantitative estimate of drug-likeness (QED) is 0.740. The first kappa shape index (κ1) is 13.7. The van der Waals surface area contributed by atoms with Crippen LogP contribution in [0.15, 0.2) is 18.2 Å². The minimum Gasteiger partial charge on any atom is -0.480 e. The molecule has 0 atom stereocenters. The number of aryl methyl sites for hydroxylation is 2. The van der Waals surface area contributed by atoms with Crippen LogP contribution in [0.3, 0.4) is 0 Å². The fraction of sp³-hybridized carbons (Fsp3) is 0.500. The Morgan fingerprint density at radius 2 is 2.00 bits per heavy atom. The summed E-state index contributed by atoms with van der Waals surface area (Å²) in [7, 11) is 0. The highest BCUT2D eigenvalue weighted by Gasteiger charge is 2.03. The topological polar surface area (TPSA) is 46.5 Å². The second-order valence-electron chi connectivity index (χ2n) is 4.01. The summed E-state index contributed by atoms with van der Waals surface area (Å²) in [6, 6.07) is 6.51. The van der Waals surface area contributed by atoms with Crippen LogP contribution in [0.2, 0.25) is 0 Å². The summed E-state index contributed by atoms with van der Waals surface area (Å²) in [5, 5.41) is 8.47. The number of hydrogen-bond acceptors (Lipinski definition) is 2. The lowest BCUT2D eigenvalue weighted by atomic mass is 9.99. The average Bonchev–Trinajstić information content (AvgIpc) is 2.34. The van der Waals surface area contributed by atoms with E-state index < -0.39 is 5.97 Å². The smallest absolute Gasteiger partial charge is 0.329 e. The minimum atomic E-state index is -0.914. The summed E-state index contributed by atoms with van der Waals surface area (Å²) < 4.78 is 5.07. The first-order valence-electron chi connectivity index (χ1n) is 6.07. The molecule has 94 valence electrons. The number of aliphatic carboxylic acids is 1. The second kappa shape index (κ2) is 7.07. The molecule has 0 saturated heterocycles. The molecule has 0 saturated carbocycles. The first-order valence-corrected chi connectivity index (χ1v) is 6.07. The summed E-state index contributed by atoms with van der Waals surface area (Å²) in [6.45, 7) is 4.51. The summed E-state index contributed by atoms with van der Waals surface area (Å²) in [5.74, 6) is -0.914. The van der Waals surface area contributed by atoms with E-state index in [-0.39, 0.29) is 6.61 Å². The number of benzene rings is 1. The van der Waals surface area contributed by atoms with E-state index in [1.54, 1.807) is 0 Å². The van der Waals surface area contributed by atoms with Gasteiger partial charge >= 0.3 is 5.97 Å². The van der Waals surface area contributed by atoms with Crippen molar-refractivity contribution in [3.8, 4) is 0 Å². The number of carboxylic acid groups (broad SMARTS) is 1. The lowest BCUT2D eigenvalue weighted by Crippen LogP contribution is -2.09. The molecule has 0 radical (unpaired) electrons. The second-order valence-corrected chi connectivity index (χ2v) is 4.01. The molecule has 3 nitrogen and oxygen atoms in total. The van der Waals surface area contributed by atoms with Gasteiger partial charge in [-0.3, -0.25) is 0 Å². The van der Waals surface area contributed by atoms with Gasteiger partial charge in [0, 0.05) is 0 Å². The van der Waals surface area contributed by atoms with E-state index in [4.69, 9.17) is 9.84 Å². The zero-order chi connectivity index (χ0) is 12.7. The lowest BCUT2D eigenvalue weighted by Gasteiger charge is -2.10. The van der Waals surface area contributed by atoms with E-state index in [0.29, 0.717) is 6.61 Å². The number of carboxylic acids is 1. The zero-order valence-corrected chi connectivity index (χ0v) is 10.5.